The third kappa shape index (κ3) is 4.96. The smallest absolute Gasteiger partial charge is 0.191 e. The normalized spacial score (nSPS) is 25.7. The van der Waals surface area contributed by atoms with Crippen molar-refractivity contribution in [2.24, 2.45) is 10.9 Å². The Bertz CT molecular complexity index is 649. The van der Waals surface area contributed by atoms with Gasteiger partial charge < -0.3 is 10.6 Å². The highest BCUT2D eigenvalue weighted by atomic mass is 32.2. The molecule has 1 aromatic rings. The molecule has 3 rings (SSSR count). The fourth-order valence-corrected chi connectivity index (χ4v) is 6.03. The van der Waals surface area contributed by atoms with E-state index in [1.807, 2.05) is 0 Å². The molecule has 0 spiro atoms. The van der Waals surface area contributed by atoms with Crippen LogP contribution in [0, 0.1) is 5.92 Å². The number of hydrogen-bond donors (Lipinski definition) is 2. The summed E-state index contributed by atoms with van der Waals surface area (Å²) >= 11 is 1.73. The van der Waals surface area contributed by atoms with Crippen LogP contribution in [0.25, 0.3) is 0 Å². The molecule has 2 unspecified atom stereocenters. The number of aliphatic imine (C=N–C) groups is 1. The van der Waals surface area contributed by atoms with E-state index in [0.29, 0.717) is 18.3 Å². The Hall–Kier alpha value is -1.08. The van der Waals surface area contributed by atoms with E-state index >= 15 is 0 Å². The van der Waals surface area contributed by atoms with E-state index in [1.165, 1.54) is 30.6 Å². The molecule has 134 valence electrons. The monoisotopic (exact) mass is 369 g/mol. The highest BCUT2D eigenvalue weighted by Gasteiger charge is 2.27. The average Bonchev–Trinajstić information content (AvgIpc) is 3.26. The summed E-state index contributed by atoms with van der Waals surface area (Å²) in [4.78, 5) is 6.00. The van der Waals surface area contributed by atoms with Crippen molar-refractivity contribution in [3.63, 3.8) is 0 Å². The highest BCUT2D eigenvalue weighted by molar-refractivity contribution is 7.91. The molecule has 0 aromatic carbocycles. The van der Waals surface area contributed by atoms with Crippen LogP contribution in [0.3, 0.4) is 0 Å². The SMILES string of the molecule is CC(NC(=NCC1CCS(=O)(=O)C1)NC1CCCC1)c1cccs1. The summed E-state index contributed by atoms with van der Waals surface area (Å²) in [5.74, 6) is 1.59. The van der Waals surface area contributed by atoms with Crippen LogP contribution in [-0.4, -0.2) is 38.5 Å². The third-order valence-corrected chi connectivity index (χ3v) is 7.75. The lowest BCUT2D eigenvalue weighted by Crippen LogP contribution is -2.43. The molecule has 1 aromatic heterocycles. The number of rotatable bonds is 5. The van der Waals surface area contributed by atoms with Crippen molar-refractivity contribution in [2.75, 3.05) is 18.1 Å². The van der Waals surface area contributed by atoms with E-state index in [-0.39, 0.29) is 17.7 Å². The first-order valence-electron chi connectivity index (χ1n) is 8.83. The summed E-state index contributed by atoms with van der Waals surface area (Å²) in [6.45, 7) is 2.72. The zero-order valence-corrected chi connectivity index (χ0v) is 15.8. The number of thiophene rings is 1. The molecule has 1 saturated heterocycles. The van der Waals surface area contributed by atoms with Gasteiger partial charge in [-0.1, -0.05) is 18.9 Å². The molecule has 2 aliphatic rings. The molecule has 1 aliphatic heterocycles. The van der Waals surface area contributed by atoms with Gasteiger partial charge in [-0.2, -0.15) is 0 Å². The van der Waals surface area contributed by atoms with Gasteiger partial charge in [-0.15, -0.1) is 11.3 Å². The predicted molar refractivity (Wildman–Crippen MR) is 100 cm³/mol. The van der Waals surface area contributed by atoms with E-state index in [2.05, 4.69) is 35.1 Å². The molecule has 0 amide bonds. The van der Waals surface area contributed by atoms with Gasteiger partial charge in [0, 0.05) is 17.5 Å². The fraction of sp³-hybridized carbons (Fsp3) is 0.706. The number of guanidine groups is 1. The molecule has 24 heavy (non-hydrogen) atoms. The minimum absolute atomic E-state index is 0.161. The Kier molecular flexibility index (Phi) is 5.81. The van der Waals surface area contributed by atoms with Gasteiger partial charge in [-0.05, 0) is 43.6 Å². The van der Waals surface area contributed by atoms with Crippen molar-refractivity contribution in [1.29, 1.82) is 0 Å². The van der Waals surface area contributed by atoms with Crippen LogP contribution in [0.2, 0.25) is 0 Å². The van der Waals surface area contributed by atoms with Crippen molar-refractivity contribution in [1.82, 2.24) is 10.6 Å². The lowest BCUT2D eigenvalue weighted by Gasteiger charge is -2.21. The van der Waals surface area contributed by atoms with Gasteiger partial charge in [0.05, 0.1) is 17.5 Å². The van der Waals surface area contributed by atoms with Crippen LogP contribution in [0.15, 0.2) is 22.5 Å². The van der Waals surface area contributed by atoms with E-state index in [0.717, 1.165) is 12.4 Å². The molecule has 2 heterocycles. The van der Waals surface area contributed by atoms with Gasteiger partial charge in [-0.25, -0.2) is 8.42 Å². The van der Waals surface area contributed by atoms with Gasteiger partial charge in [0.2, 0.25) is 0 Å². The Balaban J connectivity index is 1.63. The van der Waals surface area contributed by atoms with Crippen molar-refractivity contribution in [2.45, 2.75) is 51.1 Å². The number of nitrogens with zero attached hydrogens (tertiary/aromatic N) is 1. The molecule has 2 fully saturated rings. The van der Waals surface area contributed by atoms with Gasteiger partial charge in [0.15, 0.2) is 15.8 Å². The molecule has 2 atom stereocenters. The topological polar surface area (TPSA) is 70.6 Å². The summed E-state index contributed by atoms with van der Waals surface area (Å²) in [5.41, 5.74) is 0. The molecular weight excluding hydrogens is 342 g/mol. The van der Waals surface area contributed by atoms with Gasteiger partial charge >= 0.3 is 0 Å². The summed E-state index contributed by atoms with van der Waals surface area (Å²) in [6, 6.07) is 4.87. The first kappa shape index (κ1) is 17.7. The zero-order chi connectivity index (χ0) is 17.0. The molecule has 1 aliphatic carbocycles. The van der Waals surface area contributed by atoms with Crippen LogP contribution in [0.1, 0.15) is 49.9 Å². The first-order chi connectivity index (χ1) is 11.5. The minimum atomic E-state index is -2.83. The Morgan fingerprint density at radius 2 is 2.17 bits per heavy atom. The maximum absolute atomic E-state index is 11.6. The van der Waals surface area contributed by atoms with E-state index in [1.54, 1.807) is 11.3 Å². The van der Waals surface area contributed by atoms with Gasteiger partial charge in [0.25, 0.3) is 0 Å². The van der Waals surface area contributed by atoms with Gasteiger partial charge in [-0.3, -0.25) is 4.99 Å². The maximum atomic E-state index is 11.6. The Morgan fingerprint density at radius 1 is 1.38 bits per heavy atom. The lowest BCUT2D eigenvalue weighted by atomic mass is 10.1. The van der Waals surface area contributed by atoms with Crippen molar-refractivity contribution in [3.05, 3.63) is 22.4 Å². The summed E-state index contributed by atoms with van der Waals surface area (Å²) in [6.07, 6.45) is 5.65. The standard InChI is InChI=1S/C17H27N3O2S2/c1-13(16-7-4-9-23-16)19-17(20-15-5-2-3-6-15)18-11-14-8-10-24(21,22)12-14/h4,7,9,13-15H,2-3,5-6,8,10-12H2,1H3,(H2,18,19,20). The molecule has 5 nitrogen and oxygen atoms in total. The Labute approximate surface area is 148 Å². The quantitative estimate of drug-likeness (QED) is 0.618. The lowest BCUT2D eigenvalue weighted by molar-refractivity contribution is 0.573. The van der Waals surface area contributed by atoms with Crippen LogP contribution in [-0.2, 0) is 9.84 Å². The van der Waals surface area contributed by atoms with E-state index < -0.39 is 9.84 Å². The van der Waals surface area contributed by atoms with Crippen molar-refractivity contribution < 1.29 is 8.42 Å². The predicted octanol–water partition coefficient (Wildman–Crippen LogP) is 2.72. The third-order valence-electron chi connectivity index (χ3n) is 4.85. The maximum Gasteiger partial charge on any atom is 0.191 e. The van der Waals surface area contributed by atoms with E-state index in [9.17, 15) is 8.42 Å². The molecule has 0 radical (unpaired) electrons. The molecule has 2 N–H and O–H groups in total. The summed E-state index contributed by atoms with van der Waals surface area (Å²) in [7, 11) is -2.83. The average molecular weight is 370 g/mol. The second kappa shape index (κ2) is 7.87. The van der Waals surface area contributed by atoms with Crippen LogP contribution < -0.4 is 10.6 Å². The summed E-state index contributed by atoms with van der Waals surface area (Å²) in [5, 5.41) is 9.12. The van der Waals surface area contributed by atoms with Crippen molar-refractivity contribution in [3.8, 4) is 0 Å². The van der Waals surface area contributed by atoms with Crippen molar-refractivity contribution >= 4 is 27.1 Å². The molecule has 0 bridgehead atoms. The number of sulfone groups is 1. The van der Waals surface area contributed by atoms with Gasteiger partial charge in [0.1, 0.15) is 0 Å². The molecule has 7 heteroatoms. The summed E-state index contributed by atoms with van der Waals surface area (Å²) < 4.78 is 23.2. The van der Waals surface area contributed by atoms with Crippen LogP contribution in [0.4, 0.5) is 0 Å². The Morgan fingerprint density at radius 3 is 2.79 bits per heavy atom. The first-order valence-corrected chi connectivity index (χ1v) is 11.5. The number of hydrogen-bond acceptors (Lipinski definition) is 4. The minimum Gasteiger partial charge on any atom is -0.354 e. The van der Waals surface area contributed by atoms with Crippen LogP contribution >= 0.6 is 11.3 Å². The second-order valence-corrected chi connectivity index (χ2v) is 10.2. The molecular formula is C17H27N3O2S2. The molecule has 1 saturated carbocycles. The van der Waals surface area contributed by atoms with Crippen LogP contribution in [0.5, 0.6) is 0 Å². The fourth-order valence-electron chi connectivity index (χ4n) is 3.45. The van der Waals surface area contributed by atoms with E-state index in [4.69, 9.17) is 4.99 Å². The zero-order valence-electron chi connectivity index (χ0n) is 14.2. The number of nitrogens with one attached hydrogen (secondary N) is 2. The second-order valence-electron chi connectivity index (χ2n) is 6.97. The largest absolute Gasteiger partial charge is 0.354 e. The highest BCUT2D eigenvalue weighted by Crippen LogP contribution is 2.21.